The summed E-state index contributed by atoms with van der Waals surface area (Å²) in [7, 11) is 0. The summed E-state index contributed by atoms with van der Waals surface area (Å²) >= 11 is 0. The quantitative estimate of drug-likeness (QED) is 0.657. The zero-order valence-electron chi connectivity index (χ0n) is 7.77. The molecule has 0 aliphatic rings. The van der Waals surface area contributed by atoms with E-state index < -0.39 is 0 Å². The molecule has 0 bridgehead atoms. The van der Waals surface area contributed by atoms with Gasteiger partial charge < -0.3 is 0 Å². The van der Waals surface area contributed by atoms with Crippen molar-refractivity contribution >= 4 is 0 Å². The van der Waals surface area contributed by atoms with Gasteiger partial charge in [0.05, 0.1) is 18.0 Å². The zero-order valence-corrected chi connectivity index (χ0v) is 7.77. The number of aromatic nitrogens is 3. The minimum absolute atomic E-state index is 0.105. The van der Waals surface area contributed by atoms with E-state index in [2.05, 4.69) is 9.97 Å². The number of hydrogen-bond acceptors (Lipinski definition) is 2. The fourth-order valence-electron chi connectivity index (χ4n) is 1.12. The largest absolute Gasteiger partial charge is 0.403 e. The summed E-state index contributed by atoms with van der Waals surface area (Å²) in [6.45, 7) is 1.73. The number of aryl methyl sites for hydroxylation is 1. The van der Waals surface area contributed by atoms with Gasteiger partial charge in [-0.2, -0.15) is 0 Å². The lowest BCUT2D eigenvalue weighted by Gasteiger charge is -1.94. The minimum atomic E-state index is -0.105. The lowest BCUT2D eigenvalue weighted by molar-refractivity contribution is -0.603. The first-order valence-electron chi connectivity index (χ1n) is 4.30. The van der Waals surface area contributed by atoms with Crippen LogP contribution in [0.15, 0.2) is 41.6 Å². The molecule has 0 atom stereocenters. The van der Waals surface area contributed by atoms with Crippen molar-refractivity contribution in [2.45, 2.75) is 6.92 Å². The van der Waals surface area contributed by atoms with E-state index >= 15 is 0 Å². The first-order valence-corrected chi connectivity index (χ1v) is 4.30. The zero-order chi connectivity index (χ0) is 9.97. The smallest absolute Gasteiger partial charge is 0.251 e. The molecule has 2 heterocycles. The molecule has 0 amide bonds. The number of aromatic amines is 1. The van der Waals surface area contributed by atoms with Crippen molar-refractivity contribution in [1.82, 2.24) is 9.97 Å². The molecule has 0 aromatic carbocycles. The van der Waals surface area contributed by atoms with Gasteiger partial charge in [-0.25, -0.2) is 9.55 Å². The Kier molecular flexibility index (Phi) is 2.10. The van der Waals surface area contributed by atoms with Crippen LogP contribution in [0, 0.1) is 6.92 Å². The molecule has 1 N–H and O–H groups in total. The summed E-state index contributed by atoms with van der Waals surface area (Å²) in [4.78, 5) is 18.1. The Balaban J connectivity index is 2.54. The molecule has 0 spiro atoms. The van der Waals surface area contributed by atoms with Crippen LogP contribution in [0.25, 0.3) is 5.95 Å². The third kappa shape index (κ3) is 1.54. The van der Waals surface area contributed by atoms with Gasteiger partial charge in [0.25, 0.3) is 0 Å². The van der Waals surface area contributed by atoms with E-state index in [1.807, 2.05) is 30.6 Å². The van der Waals surface area contributed by atoms with E-state index in [0.29, 0.717) is 11.5 Å². The Morgan fingerprint density at radius 1 is 1.29 bits per heavy atom. The molecule has 4 heteroatoms. The number of pyridine rings is 1. The van der Waals surface area contributed by atoms with Crippen LogP contribution in [-0.2, 0) is 0 Å². The van der Waals surface area contributed by atoms with E-state index in [1.54, 1.807) is 17.7 Å². The van der Waals surface area contributed by atoms with Crippen LogP contribution < -0.4 is 10.1 Å². The molecule has 0 saturated carbocycles. The summed E-state index contributed by atoms with van der Waals surface area (Å²) < 4.78 is 1.75. The molecule has 4 nitrogen and oxygen atoms in total. The van der Waals surface area contributed by atoms with Gasteiger partial charge in [0.2, 0.25) is 0 Å². The van der Waals surface area contributed by atoms with Crippen molar-refractivity contribution < 1.29 is 4.57 Å². The van der Waals surface area contributed by atoms with E-state index in [0.717, 1.165) is 0 Å². The number of H-pyrrole nitrogens is 1. The van der Waals surface area contributed by atoms with Crippen molar-refractivity contribution in [2.24, 2.45) is 0 Å². The van der Waals surface area contributed by atoms with Crippen LogP contribution in [0.1, 0.15) is 5.56 Å². The highest BCUT2D eigenvalue weighted by molar-refractivity contribution is 5.05. The normalized spacial score (nSPS) is 10.1. The molecular weight excluding hydrogens is 178 g/mol. The minimum Gasteiger partial charge on any atom is -0.251 e. The maximum Gasteiger partial charge on any atom is 0.403 e. The van der Waals surface area contributed by atoms with Gasteiger partial charge in [0.1, 0.15) is 6.20 Å². The molecule has 0 saturated heterocycles. The first kappa shape index (κ1) is 8.62. The van der Waals surface area contributed by atoms with E-state index in [1.165, 1.54) is 0 Å². The summed E-state index contributed by atoms with van der Waals surface area (Å²) in [5.74, 6) is 0.529. The second-order valence-corrected chi connectivity index (χ2v) is 3.00. The third-order valence-electron chi connectivity index (χ3n) is 1.92. The van der Waals surface area contributed by atoms with Gasteiger partial charge in [-0.1, -0.05) is 11.1 Å². The maximum absolute atomic E-state index is 11.3. The molecule has 2 rings (SSSR count). The topological polar surface area (TPSA) is 49.6 Å². The molecule has 0 radical (unpaired) electrons. The molecule has 2 aromatic heterocycles. The van der Waals surface area contributed by atoms with Crippen molar-refractivity contribution in [3.63, 3.8) is 0 Å². The molecule has 0 unspecified atom stereocenters. The summed E-state index contributed by atoms with van der Waals surface area (Å²) in [6.07, 6.45) is 5.22. The third-order valence-corrected chi connectivity index (χ3v) is 1.92. The number of rotatable bonds is 1. The average molecular weight is 188 g/mol. The van der Waals surface area contributed by atoms with E-state index in [-0.39, 0.29) is 5.56 Å². The fraction of sp³-hybridized carbons (Fsp3) is 0.100. The first-order chi connectivity index (χ1) is 6.77. The van der Waals surface area contributed by atoms with Gasteiger partial charge in [-0.05, 0) is 19.1 Å². The van der Waals surface area contributed by atoms with Crippen LogP contribution >= 0.6 is 0 Å². The van der Waals surface area contributed by atoms with Crippen LogP contribution in [0.2, 0.25) is 0 Å². The predicted octanol–water partition coefficient (Wildman–Crippen LogP) is 0.355. The number of nitrogens with one attached hydrogen (secondary N) is 1. The Morgan fingerprint density at radius 3 is 2.64 bits per heavy atom. The van der Waals surface area contributed by atoms with E-state index in [9.17, 15) is 4.79 Å². The van der Waals surface area contributed by atoms with E-state index in [4.69, 9.17) is 0 Å². The standard InChI is InChI=1S/C10H9N3O/c1-8-7-11-10(12-9(8)14)13-5-3-2-4-6-13/h2-7H,1H3/p+1. The lowest BCUT2D eigenvalue weighted by Crippen LogP contribution is -2.34. The van der Waals surface area contributed by atoms with Crippen LogP contribution in [-0.4, -0.2) is 9.97 Å². The van der Waals surface area contributed by atoms with Gasteiger partial charge in [0.15, 0.2) is 0 Å². The molecule has 2 aromatic rings. The lowest BCUT2D eigenvalue weighted by atomic mass is 10.4. The summed E-state index contributed by atoms with van der Waals surface area (Å²) in [5.41, 5.74) is 0.511. The highest BCUT2D eigenvalue weighted by Crippen LogP contribution is 1.87. The fourth-order valence-corrected chi connectivity index (χ4v) is 1.12. The molecular formula is C10H10N3O+. The van der Waals surface area contributed by atoms with Crippen molar-refractivity contribution in [3.8, 4) is 5.95 Å². The maximum atomic E-state index is 11.3. The molecule has 0 fully saturated rings. The van der Waals surface area contributed by atoms with Crippen molar-refractivity contribution in [1.29, 1.82) is 0 Å². The van der Waals surface area contributed by atoms with Gasteiger partial charge in [0, 0.05) is 0 Å². The summed E-state index contributed by atoms with van der Waals surface area (Å²) in [6, 6.07) is 5.66. The monoisotopic (exact) mass is 188 g/mol. The van der Waals surface area contributed by atoms with Crippen LogP contribution in [0.4, 0.5) is 0 Å². The van der Waals surface area contributed by atoms with Gasteiger partial charge in [-0.3, -0.25) is 4.79 Å². The van der Waals surface area contributed by atoms with Gasteiger partial charge >= 0.3 is 11.5 Å². The number of hydrogen-bond donors (Lipinski definition) is 1. The molecule has 0 aliphatic heterocycles. The Morgan fingerprint density at radius 2 is 2.00 bits per heavy atom. The second-order valence-electron chi connectivity index (χ2n) is 3.00. The van der Waals surface area contributed by atoms with Crippen LogP contribution in [0.3, 0.4) is 0 Å². The highest BCUT2D eigenvalue weighted by atomic mass is 16.1. The Hall–Kier alpha value is -1.97. The molecule has 70 valence electrons. The summed E-state index contributed by atoms with van der Waals surface area (Å²) in [5, 5.41) is 0. The Labute approximate surface area is 80.9 Å². The van der Waals surface area contributed by atoms with Crippen molar-refractivity contribution in [3.05, 3.63) is 52.7 Å². The Bertz CT molecular complexity index is 490. The number of nitrogens with zero attached hydrogens (tertiary/aromatic N) is 2. The van der Waals surface area contributed by atoms with Crippen LogP contribution in [0.5, 0.6) is 0 Å². The average Bonchev–Trinajstić information content (AvgIpc) is 2.23. The van der Waals surface area contributed by atoms with Crippen molar-refractivity contribution in [2.75, 3.05) is 0 Å². The molecule has 0 aliphatic carbocycles. The second kappa shape index (κ2) is 3.41. The van der Waals surface area contributed by atoms with Gasteiger partial charge in [-0.15, -0.1) is 0 Å². The SMILES string of the molecule is Cc1cnc(-[n+]2ccccc2)[nH]c1=O. The highest BCUT2D eigenvalue weighted by Gasteiger charge is 2.07. The molecule has 14 heavy (non-hydrogen) atoms. The predicted molar refractivity (Wildman–Crippen MR) is 51.1 cm³/mol.